The molecule has 2 amide bonds. The average molecular weight is 291 g/mol. The van der Waals surface area contributed by atoms with E-state index in [2.05, 4.69) is 5.43 Å². The highest BCUT2D eigenvalue weighted by Crippen LogP contribution is 2.23. The van der Waals surface area contributed by atoms with E-state index in [-0.39, 0.29) is 24.1 Å². The fraction of sp³-hybridized carbons (Fsp3) is 0.467. The van der Waals surface area contributed by atoms with Gasteiger partial charge in [-0.25, -0.2) is 19.7 Å². The standard InChI is InChI=1S/C15H18FN3O2/c16-11-4-6-12(7-5-11)19-14(20)10-13(15(19)21)17-18-8-2-1-3-9-18/h4-7,13,17H,1-3,8-10H2. The summed E-state index contributed by atoms with van der Waals surface area (Å²) in [6.07, 6.45) is 3.55. The summed E-state index contributed by atoms with van der Waals surface area (Å²) in [4.78, 5) is 25.6. The van der Waals surface area contributed by atoms with E-state index < -0.39 is 6.04 Å². The number of benzene rings is 1. The van der Waals surface area contributed by atoms with Crippen LogP contribution in [0.2, 0.25) is 0 Å². The third-order valence-electron chi connectivity index (χ3n) is 3.93. The van der Waals surface area contributed by atoms with E-state index in [1.165, 1.54) is 30.7 Å². The molecule has 1 aromatic rings. The van der Waals surface area contributed by atoms with Gasteiger partial charge in [0.05, 0.1) is 12.1 Å². The lowest BCUT2D eigenvalue weighted by molar-refractivity contribution is -0.122. The highest BCUT2D eigenvalue weighted by molar-refractivity contribution is 6.22. The fourth-order valence-corrected chi connectivity index (χ4v) is 2.84. The van der Waals surface area contributed by atoms with Crippen LogP contribution < -0.4 is 10.3 Å². The minimum absolute atomic E-state index is 0.146. The summed E-state index contributed by atoms with van der Waals surface area (Å²) in [7, 11) is 0. The van der Waals surface area contributed by atoms with Crippen molar-refractivity contribution in [3.05, 3.63) is 30.1 Å². The van der Waals surface area contributed by atoms with Crippen molar-refractivity contribution in [1.82, 2.24) is 10.4 Å². The van der Waals surface area contributed by atoms with Gasteiger partial charge in [-0.05, 0) is 37.1 Å². The molecule has 2 saturated heterocycles. The summed E-state index contributed by atoms with van der Waals surface area (Å²) in [6, 6.07) is 4.89. The molecule has 0 aliphatic carbocycles. The van der Waals surface area contributed by atoms with Gasteiger partial charge < -0.3 is 0 Å². The van der Waals surface area contributed by atoms with Gasteiger partial charge in [0.2, 0.25) is 5.91 Å². The lowest BCUT2D eigenvalue weighted by Crippen LogP contribution is -2.50. The third-order valence-corrected chi connectivity index (χ3v) is 3.93. The predicted molar refractivity (Wildman–Crippen MR) is 75.9 cm³/mol. The molecule has 21 heavy (non-hydrogen) atoms. The SMILES string of the molecule is O=C1CC(NN2CCCCC2)C(=O)N1c1ccc(F)cc1. The van der Waals surface area contributed by atoms with Gasteiger partial charge >= 0.3 is 0 Å². The van der Waals surface area contributed by atoms with Crippen LogP contribution >= 0.6 is 0 Å². The van der Waals surface area contributed by atoms with E-state index in [9.17, 15) is 14.0 Å². The van der Waals surface area contributed by atoms with Crippen LogP contribution in [0.25, 0.3) is 0 Å². The van der Waals surface area contributed by atoms with Crippen LogP contribution in [0.15, 0.2) is 24.3 Å². The van der Waals surface area contributed by atoms with Gasteiger partial charge in [0.25, 0.3) is 5.91 Å². The molecule has 2 aliphatic rings. The molecule has 0 radical (unpaired) electrons. The van der Waals surface area contributed by atoms with Crippen molar-refractivity contribution in [2.24, 2.45) is 0 Å². The number of halogens is 1. The van der Waals surface area contributed by atoms with Gasteiger partial charge in [-0.1, -0.05) is 6.42 Å². The van der Waals surface area contributed by atoms with E-state index >= 15 is 0 Å². The van der Waals surface area contributed by atoms with Crippen molar-refractivity contribution < 1.29 is 14.0 Å². The van der Waals surface area contributed by atoms with Crippen molar-refractivity contribution in [3.63, 3.8) is 0 Å². The molecule has 1 atom stereocenters. The largest absolute Gasteiger partial charge is 0.274 e. The number of carbonyl (C=O) groups is 2. The molecule has 0 bridgehead atoms. The Morgan fingerprint density at radius 3 is 2.38 bits per heavy atom. The van der Waals surface area contributed by atoms with Crippen LogP contribution in [0.3, 0.4) is 0 Å². The molecule has 3 rings (SSSR count). The summed E-state index contributed by atoms with van der Waals surface area (Å²) in [5, 5.41) is 2.02. The Bertz CT molecular complexity index is 540. The molecule has 0 aromatic heterocycles. The Morgan fingerprint density at radius 1 is 1.05 bits per heavy atom. The second-order valence-electron chi connectivity index (χ2n) is 5.48. The number of hydrogen-bond acceptors (Lipinski definition) is 4. The van der Waals surface area contributed by atoms with E-state index in [4.69, 9.17) is 0 Å². The van der Waals surface area contributed by atoms with Crippen molar-refractivity contribution in [2.75, 3.05) is 18.0 Å². The number of carbonyl (C=O) groups excluding carboxylic acids is 2. The van der Waals surface area contributed by atoms with Gasteiger partial charge in [-0.3, -0.25) is 9.59 Å². The van der Waals surface area contributed by atoms with Crippen LogP contribution in [-0.4, -0.2) is 36.0 Å². The van der Waals surface area contributed by atoms with E-state index in [1.807, 2.05) is 5.01 Å². The molecular weight excluding hydrogens is 273 g/mol. The zero-order chi connectivity index (χ0) is 14.8. The lowest BCUT2D eigenvalue weighted by atomic mass is 10.1. The van der Waals surface area contributed by atoms with E-state index in [0.717, 1.165) is 30.8 Å². The molecule has 2 aliphatic heterocycles. The Labute approximate surface area is 122 Å². The van der Waals surface area contributed by atoms with Crippen molar-refractivity contribution in [3.8, 4) is 0 Å². The highest BCUT2D eigenvalue weighted by Gasteiger charge is 2.40. The Morgan fingerprint density at radius 2 is 1.71 bits per heavy atom. The molecule has 0 saturated carbocycles. The van der Waals surface area contributed by atoms with Gasteiger partial charge in [0.1, 0.15) is 11.9 Å². The minimum Gasteiger partial charge on any atom is -0.274 e. The molecule has 1 unspecified atom stereocenters. The van der Waals surface area contributed by atoms with Crippen LogP contribution in [0.5, 0.6) is 0 Å². The maximum atomic E-state index is 12.9. The molecule has 5 nitrogen and oxygen atoms in total. The molecule has 112 valence electrons. The first-order chi connectivity index (χ1) is 10.1. The van der Waals surface area contributed by atoms with E-state index in [0.29, 0.717) is 5.69 Å². The summed E-state index contributed by atoms with van der Waals surface area (Å²) in [5.41, 5.74) is 3.58. The van der Waals surface area contributed by atoms with Gasteiger partial charge in [0, 0.05) is 13.1 Å². The molecular formula is C15H18FN3O2. The minimum atomic E-state index is -0.513. The Hall–Kier alpha value is -1.79. The highest BCUT2D eigenvalue weighted by atomic mass is 19.1. The monoisotopic (exact) mass is 291 g/mol. The molecule has 1 aromatic carbocycles. The summed E-state index contributed by atoms with van der Waals surface area (Å²) in [6.45, 7) is 1.79. The normalized spacial score (nSPS) is 23.9. The lowest BCUT2D eigenvalue weighted by Gasteiger charge is -2.29. The van der Waals surface area contributed by atoms with Crippen LogP contribution in [-0.2, 0) is 9.59 Å². The molecule has 0 spiro atoms. The number of amides is 2. The maximum absolute atomic E-state index is 12.9. The first-order valence-corrected chi connectivity index (χ1v) is 7.28. The molecule has 6 heteroatoms. The van der Waals surface area contributed by atoms with Gasteiger partial charge in [0.15, 0.2) is 0 Å². The van der Waals surface area contributed by atoms with Crippen LogP contribution in [0.1, 0.15) is 25.7 Å². The number of nitrogens with one attached hydrogen (secondary N) is 1. The second-order valence-corrected chi connectivity index (χ2v) is 5.48. The number of hydrazine groups is 1. The third kappa shape index (κ3) is 2.96. The van der Waals surface area contributed by atoms with Crippen LogP contribution in [0, 0.1) is 5.82 Å². The van der Waals surface area contributed by atoms with Gasteiger partial charge in [-0.15, -0.1) is 0 Å². The second kappa shape index (κ2) is 5.91. The number of imide groups is 1. The predicted octanol–water partition coefficient (Wildman–Crippen LogP) is 1.45. The first-order valence-electron chi connectivity index (χ1n) is 7.28. The van der Waals surface area contributed by atoms with E-state index in [1.54, 1.807) is 0 Å². The smallest absolute Gasteiger partial charge is 0.252 e. The quantitative estimate of drug-likeness (QED) is 0.856. The van der Waals surface area contributed by atoms with Crippen molar-refractivity contribution >= 4 is 17.5 Å². The Kier molecular flexibility index (Phi) is 3.98. The number of hydrogen-bond donors (Lipinski definition) is 1. The summed E-state index contributed by atoms with van der Waals surface area (Å²) < 4.78 is 12.9. The van der Waals surface area contributed by atoms with Crippen molar-refractivity contribution in [2.45, 2.75) is 31.7 Å². The topological polar surface area (TPSA) is 52.7 Å². The number of anilines is 1. The van der Waals surface area contributed by atoms with Gasteiger partial charge in [-0.2, -0.15) is 0 Å². The summed E-state index contributed by atoms with van der Waals surface area (Å²) in [5.74, 6) is -0.904. The maximum Gasteiger partial charge on any atom is 0.252 e. The zero-order valence-corrected chi connectivity index (χ0v) is 11.7. The zero-order valence-electron chi connectivity index (χ0n) is 11.7. The molecule has 1 N–H and O–H groups in total. The summed E-state index contributed by atoms with van der Waals surface area (Å²) >= 11 is 0. The van der Waals surface area contributed by atoms with Crippen molar-refractivity contribution in [1.29, 1.82) is 0 Å². The molecule has 2 heterocycles. The molecule has 2 fully saturated rings. The Balaban J connectivity index is 1.71. The number of piperidine rings is 1. The first kappa shape index (κ1) is 14.2. The number of rotatable bonds is 3. The number of nitrogens with zero attached hydrogens (tertiary/aromatic N) is 2. The fourth-order valence-electron chi connectivity index (χ4n) is 2.84. The average Bonchev–Trinajstić information content (AvgIpc) is 2.76. The van der Waals surface area contributed by atoms with Crippen LogP contribution in [0.4, 0.5) is 10.1 Å².